The van der Waals surface area contributed by atoms with E-state index in [1.807, 2.05) is 0 Å². The molecule has 1 aliphatic rings. The summed E-state index contributed by atoms with van der Waals surface area (Å²) in [7, 11) is 0. The number of benzene rings is 10. The average molecular weight is 946 g/mol. The molecule has 0 aliphatic heterocycles. The highest BCUT2D eigenvalue weighted by Gasteiger charge is 2.32. The fraction of sp³-hybridized carbons (Fsp3) is 0.0290. The lowest BCUT2D eigenvalue weighted by Gasteiger charge is -2.31. The van der Waals surface area contributed by atoms with Gasteiger partial charge in [-0.1, -0.05) is 224 Å². The van der Waals surface area contributed by atoms with Gasteiger partial charge in [0.2, 0.25) is 0 Å². The van der Waals surface area contributed by atoms with Gasteiger partial charge in [0, 0.05) is 55.5 Å². The van der Waals surface area contributed by atoms with Crippen LogP contribution in [0.4, 0.5) is 0 Å². The van der Waals surface area contributed by atoms with Gasteiger partial charge in [-0.3, -0.25) is 0 Å². The van der Waals surface area contributed by atoms with Crippen molar-refractivity contribution in [3.8, 4) is 50.7 Å². The summed E-state index contributed by atoms with van der Waals surface area (Å²) < 4.78 is 4.98. The molecule has 5 nitrogen and oxygen atoms in total. The van der Waals surface area contributed by atoms with Crippen molar-refractivity contribution in [3.05, 3.63) is 284 Å². The molecule has 0 bridgehead atoms. The van der Waals surface area contributed by atoms with E-state index in [4.69, 9.17) is 15.0 Å². The summed E-state index contributed by atoms with van der Waals surface area (Å²) in [6.07, 6.45) is 3.02. The van der Waals surface area contributed by atoms with Crippen molar-refractivity contribution in [1.82, 2.24) is 24.1 Å². The van der Waals surface area contributed by atoms with Crippen molar-refractivity contribution in [2.75, 3.05) is 0 Å². The molecule has 0 saturated heterocycles. The predicted molar refractivity (Wildman–Crippen MR) is 307 cm³/mol. The second-order valence-electron chi connectivity index (χ2n) is 19.1. The SMILES string of the molecule is C1=C(c2nc(-c3ccc(-c4ccccc4)cc3)nc(-c3ccc(-c4ccccc4)cc3)n2)CC(c2ccccc2)C(n2c3ccccc3c3cc4c(cc32)c2ccccc2n4-c2ccccc2)=C1c1ccccc1. The molecule has 3 aromatic heterocycles. The number of nitrogens with zero attached hydrogens (tertiary/aromatic N) is 5. The van der Waals surface area contributed by atoms with Crippen LogP contribution in [-0.2, 0) is 0 Å². The zero-order valence-corrected chi connectivity index (χ0v) is 40.4. The summed E-state index contributed by atoms with van der Waals surface area (Å²) >= 11 is 0. The summed E-state index contributed by atoms with van der Waals surface area (Å²) in [5.41, 5.74) is 18.0. The van der Waals surface area contributed by atoms with Gasteiger partial charge in [0.15, 0.2) is 17.5 Å². The minimum Gasteiger partial charge on any atom is -0.312 e. The molecule has 14 rings (SSSR count). The quantitative estimate of drug-likeness (QED) is 0.145. The van der Waals surface area contributed by atoms with E-state index in [0.29, 0.717) is 23.9 Å². The molecule has 5 heteroatoms. The smallest absolute Gasteiger partial charge is 0.164 e. The van der Waals surface area contributed by atoms with Gasteiger partial charge in [-0.05, 0) is 87.8 Å². The first-order valence-electron chi connectivity index (χ1n) is 25.4. The lowest BCUT2D eigenvalue weighted by molar-refractivity contribution is 0.835. The zero-order chi connectivity index (χ0) is 49.0. The van der Waals surface area contributed by atoms with E-state index in [1.54, 1.807) is 0 Å². The van der Waals surface area contributed by atoms with E-state index in [2.05, 4.69) is 276 Å². The van der Waals surface area contributed by atoms with Crippen LogP contribution in [0, 0.1) is 0 Å². The van der Waals surface area contributed by atoms with Crippen molar-refractivity contribution in [3.63, 3.8) is 0 Å². The van der Waals surface area contributed by atoms with Crippen LogP contribution >= 0.6 is 0 Å². The topological polar surface area (TPSA) is 48.5 Å². The molecule has 0 amide bonds. The monoisotopic (exact) mass is 945 g/mol. The number of hydrogen-bond donors (Lipinski definition) is 0. The van der Waals surface area contributed by atoms with Crippen LogP contribution in [0.25, 0.3) is 111 Å². The average Bonchev–Trinajstić information content (AvgIpc) is 3.99. The van der Waals surface area contributed by atoms with Gasteiger partial charge in [-0.2, -0.15) is 0 Å². The van der Waals surface area contributed by atoms with Crippen molar-refractivity contribution >= 4 is 60.5 Å². The molecule has 0 N–H and O–H groups in total. The Bertz CT molecular complexity index is 4170. The van der Waals surface area contributed by atoms with Crippen LogP contribution < -0.4 is 0 Å². The molecule has 3 heterocycles. The maximum atomic E-state index is 5.43. The molecule has 1 unspecified atom stereocenters. The fourth-order valence-corrected chi connectivity index (χ4v) is 11.3. The van der Waals surface area contributed by atoms with Crippen molar-refractivity contribution < 1.29 is 0 Å². The van der Waals surface area contributed by atoms with Gasteiger partial charge in [0.1, 0.15) is 0 Å². The molecule has 348 valence electrons. The largest absolute Gasteiger partial charge is 0.312 e. The molecule has 1 atom stereocenters. The van der Waals surface area contributed by atoms with Gasteiger partial charge in [-0.25, -0.2) is 15.0 Å². The van der Waals surface area contributed by atoms with Crippen molar-refractivity contribution in [2.24, 2.45) is 0 Å². The Morgan fingerprint density at radius 2 is 0.703 bits per heavy atom. The van der Waals surface area contributed by atoms with Crippen LogP contribution in [0.1, 0.15) is 29.3 Å². The first-order valence-corrected chi connectivity index (χ1v) is 25.4. The van der Waals surface area contributed by atoms with E-state index < -0.39 is 0 Å². The van der Waals surface area contributed by atoms with Crippen LogP contribution in [0.3, 0.4) is 0 Å². The molecule has 0 spiro atoms. The second-order valence-corrected chi connectivity index (χ2v) is 19.1. The Morgan fingerprint density at radius 3 is 1.23 bits per heavy atom. The Kier molecular flexibility index (Phi) is 10.6. The number of hydrogen-bond acceptors (Lipinski definition) is 3. The Hall–Kier alpha value is -9.71. The molecule has 0 fully saturated rings. The summed E-state index contributed by atoms with van der Waals surface area (Å²) in [6, 6.07) is 93.4. The summed E-state index contributed by atoms with van der Waals surface area (Å²) in [5.74, 6) is 1.83. The zero-order valence-electron chi connectivity index (χ0n) is 40.4. The van der Waals surface area contributed by atoms with Gasteiger partial charge < -0.3 is 9.13 Å². The normalized spacial score (nSPS) is 13.8. The van der Waals surface area contributed by atoms with Gasteiger partial charge in [0.05, 0.1) is 22.1 Å². The first-order chi connectivity index (χ1) is 36.7. The van der Waals surface area contributed by atoms with Gasteiger partial charge >= 0.3 is 0 Å². The van der Waals surface area contributed by atoms with Gasteiger partial charge in [-0.15, -0.1) is 0 Å². The highest BCUT2D eigenvalue weighted by molar-refractivity contribution is 6.20. The number of para-hydroxylation sites is 3. The molecular weight excluding hydrogens is 899 g/mol. The highest BCUT2D eigenvalue weighted by atomic mass is 15.0. The third-order valence-electron chi connectivity index (χ3n) is 14.8. The minimum absolute atomic E-state index is 0.0919. The summed E-state index contributed by atoms with van der Waals surface area (Å²) in [4.78, 5) is 16.1. The van der Waals surface area contributed by atoms with E-state index in [9.17, 15) is 0 Å². The molecular formula is C69H47N5. The summed E-state index contributed by atoms with van der Waals surface area (Å²) in [5, 5.41) is 4.85. The fourth-order valence-electron chi connectivity index (χ4n) is 11.3. The molecule has 10 aromatic carbocycles. The minimum atomic E-state index is -0.0919. The number of aromatic nitrogens is 5. The number of fused-ring (bicyclic) bond motifs is 6. The Balaban J connectivity index is 1.02. The lowest BCUT2D eigenvalue weighted by atomic mass is 9.80. The third kappa shape index (κ3) is 7.53. The first kappa shape index (κ1) is 43.1. The predicted octanol–water partition coefficient (Wildman–Crippen LogP) is 17.4. The number of rotatable bonds is 9. The highest BCUT2D eigenvalue weighted by Crippen LogP contribution is 2.50. The molecule has 0 saturated carbocycles. The lowest BCUT2D eigenvalue weighted by Crippen LogP contribution is -2.16. The summed E-state index contributed by atoms with van der Waals surface area (Å²) in [6.45, 7) is 0. The Morgan fingerprint density at radius 1 is 0.311 bits per heavy atom. The maximum Gasteiger partial charge on any atom is 0.164 e. The molecule has 13 aromatic rings. The number of allylic oxidation sites excluding steroid dienone is 4. The molecule has 0 radical (unpaired) electrons. The van der Waals surface area contributed by atoms with Crippen LogP contribution in [0.15, 0.2) is 267 Å². The van der Waals surface area contributed by atoms with E-state index in [1.165, 1.54) is 49.4 Å². The van der Waals surface area contributed by atoms with Crippen LogP contribution in [0.2, 0.25) is 0 Å². The molecule has 1 aliphatic carbocycles. The van der Waals surface area contributed by atoms with Crippen molar-refractivity contribution in [2.45, 2.75) is 12.3 Å². The maximum absolute atomic E-state index is 5.43. The van der Waals surface area contributed by atoms with Crippen molar-refractivity contribution in [1.29, 1.82) is 0 Å². The van der Waals surface area contributed by atoms with Gasteiger partial charge in [0.25, 0.3) is 0 Å². The Labute approximate surface area is 429 Å². The van der Waals surface area contributed by atoms with Crippen LogP contribution in [-0.4, -0.2) is 24.1 Å². The van der Waals surface area contributed by atoms with Crippen LogP contribution in [0.5, 0.6) is 0 Å². The van der Waals surface area contributed by atoms with E-state index in [-0.39, 0.29) is 5.92 Å². The standard InChI is InChI=1S/C69H47N5/c1-6-20-46(21-7-1)48-34-38-52(39-35-48)67-70-68(53-40-36-49(37-41-53)47-22-8-2-9-23-47)72-69(71-67)54-42-58(50-24-10-3-11-25-50)66(59(43-54)51-26-12-4-13-27-51)74-63-33-19-17-31-57(63)61-44-64-60(45-65(61)74)56-30-16-18-32-62(56)73(64)55-28-14-5-15-29-55/h1-42,44-45,59H,43H2. The van der Waals surface area contributed by atoms with E-state index >= 15 is 0 Å². The third-order valence-corrected chi connectivity index (χ3v) is 14.8. The molecule has 74 heavy (non-hydrogen) atoms. The van der Waals surface area contributed by atoms with E-state index in [0.717, 1.165) is 61.3 Å². The second kappa shape index (κ2) is 18.2.